The third kappa shape index (κ3) is 2.76. The third-order valence-corrected chi connectivity index (χ3v) is 4.06. The van der Waals surface area contributed by atoms with Crippen LogP contribution < -0.4 is 10.2 Å². The number of imide groups is 1. The maximum atomic E-state index is 12.4. The number of urea groups is 1. The van der Waals surface area contributed by atoms with Crippen LogP contribution in [0.5, 0.6) is 0 Å². The largest absolute Gasteiger partial charge is 0.333 e. The molecule has 0 radical (unpaired) electrons. The molecule has 0 bridgehead atoms. The summed E-state index contributed by atoms with van der Waals surface area (Å²) in [5.74, 6) is -0.342. The molecule has 3 rings (SSSR count). The van der Waals surface area contributed by atoms with Gasteiger partial charge < -0.3 is 5.32 Å². The minimum atomic E-state index is -0.428. The second kappa shape index (κ2) is 6.07. The van der Waals surface area contributed by atoms with Crippen molar-refractivity contribution in [2.45, 2.75) is 4.90 Å². The van der Waals surface area contributed by atoms with E-state index in [-0.39, 0.29) is 11.6 Å². The number of carbonyl (C=O) groups is 2. The Morgan fingerprint density at radius 1 is 1.00 bits per heavy atom. The lowest BCUT2D eigenvalue weighted by atomic mass is 10.2. The number of hydrogen-bond acceptors (Lipinski definition) is 3. The highest BCUT2D eigenvalue weighted by atomic mass is 32.2. The van der Waals surface area contributed by atoms with Crippen molar-refractivity contribution in [1.82, 2.24) is 5.32 Å². The fourth-order valence-electron chi connectivity index (χ4n) is 2.21. The van der Waals surface area contributed by atoms with Gasteiger partial charge in [-0.15, -0.1) is 11.8 Å². The molecule has 0 aromatic heterocycles. The Hall–Kier alpha value is -2.53. The van der Waals surface area contributed by atoms with E-state index in [1.807, 2.05) is 36.6 Å². The lowest BCUT2D eigenvalue weighted by Gasteiger charge is -2.10. The number of amides is 3. The number of benzene rings is 2. The summed E-state index contributed by atoms with van der Waals surface area (Å²) in [6.07, 6.45) is 3.69. The molecule has 1 aliphatic rings. The van der Waals surface area contributed by atoms with Gasteiger partial charge >= 0.3 is 6.03 Å². The van der Waals surface area contributed by atoms with Crippen molar-refractivity contribution >= 4 is 35.5 Å². The van der Waals surface area contributed by atoms with E-state index in [4.69, 9.17) is 0 Å². The summed E-state index contributed by atoms with van der Waals surface area (Å²) in [5.41, 5.74) is 1.72. The highest BCUT2D eigenvalue weighted by Gasteiger charge is 2.34. The summed E-state index contributed by atoms with van der Waals surface area (Å²) in [7, 11) is 0. The zero-order valence-corrected chi connectivity index (χ0v) is 12.8. The molecule has 5 heteroatoms. The van der Waals surface area contributed by atoms with E-state index in [1.165, 1.54) is 0 Å². The molecular formula is C17H14N2O2S. The Kier molecular flexibility index (Phi) is 3.98. The zero-order valence-electron chi connectivity index (χ0n) is 11.9. The first kappa shape index (κ1) is 14.4. The van der Waals surface area contributed by atoms with E-state index in [1.54, 1.807) is 42.1 Å². The normalized spacial score (nSPS) is 16.2. The van der Waals surface area contributed by atoms with Crippen molar-refractivity contribution in [2.75, 3.05) is 11.2 Å². The van der Waals surface area contributed by atoms with Gasteiger partial charge in [-0.3, -0.25) is 4.79 Å². The molecule has 2 aromatic carbocycles. The SMILES string of the molecule is CSc1ccc(/C=C2/NC(=O)N(c3ccccc3)C2=O)cc1. The second-order valence-electron chi connectivity index (χ2n) is 4.74. The topological polar surface area (TPSA) is 49.4 Å². The van der Waals surface area contributed by atoms with Gasteiger partial charge in [0, 0.05) is 4.90 Å². The number of nitrogens with zero attached hydrogens (tertiary/aromatic N) is 1. The number of thioether (sulfide) groups is 1. The molecule has 0 aliphatic carbocycles. The first-order valence-corrected chi connectivity index (χ1v) is 7.98. The Bertz CT molecular complexity index is 739. The van der Waals surface area contributed by atoms with Crippen LogP contribution in [0.15, 0.2) is 65.2 Å². The van der Waals surface area contributed by atoms with Crippen LogP contribution in [0.3, 0.4) is 0 Å². The average Bonchev–Trinajstić information content (AvgIpc) is 2.83. The molecule has 0 spiro atoms. The molecule has 1 aliphatic heterocycles. The molecule has 110 valence electrons. The summed E-state index contributed by atoms with van der Waals surface area (Å²) < 4.78 is 0. The number of carbonyl (C=O) groups excluding carboxylic acids is 2. The summed E-state index contributed by atoms with van der Waals surface area (Å²) >= 11 is 1.65. The molecule has 1 fully saturated rings. The van der Waals surface area contributed by atoms with Gasteiger partial charge in [0.05, 0.1) is 5.69 Å². The quantitative estimate of drug-likeness (QED) is 0.536. The average molecular weight is 310 g/mol. The van der Waals surface area contributed by atoms with E-state index >= 15 is 0 Å². The molecular weight excluding hydrogens is 296 g/mol. The molecule has 3 amide bonds. The Labute approximate surface area is 132 Å². The van der Waals surface area contributed by atoms with E-state index in [0.29, 0.717) is 5.69 Å². The van der Waals surface area contributed by atoms with Crippen LogP contribution in [0.1, 0.15) is 5.56 Å². The smallest absolute Gasteiger partial charge is 0.302 e. The van der Waals surface area contributed by atoms with Crippen LogP contribution in [0.4, 0.5) is 10.5 Å². The third-order valence-electron chi connectivity index (χ3n) is 3.32. The van der Waals surface area contributed by atoms with Gasteiger partial charge in [0.15, 0.2) is 0 Å². The van der Waals surface area contributed by atoms with Gasteiger partial charge in [-0.1, -0.05) is 30.3 Å². The molecule has 0 unspecified atom stereocenters. The van der Waals surface area contributed by atoms with E-state index in [0.717, 1.165) is 15.4 Å². The van der Waals surface area contributed by atoms with Crippen molar-refractivity contribution in [3.8, 4) is 0 Å². The predicted octanol–water partition coefficient (Wildman–Crippen LogP) is 3.51. The highest BCUT2D eigenvalue weighted by Crippen LogP contribution is 2.22. The van der Waals surface area contributed by atoms with Gasteiger partial charge in [-0.2, -0.15) is 0 Å². The Morgan fingerprint density at radius 3 is 2.32 bits per heavy atom. The number of nitrogens with one attached hydrogen (secondary N) is 1. The highest BCUT2D eigenvalue weighted by molar-refractivity contribution is 7.98. The number of para-hydroxylation sites is 1. The maximum Gasteiger partial charge on any atom is 0.333 e. The monoisotopic (exact) mass is 310 g/mol. The van der Waals surface area contributed by atoms with Gasteiger partial charge in [0.1, 0.15) is 5.70 Å². The number of hydrogen-bond donors (Lipinski definition) is 1. The second-order valence-corrected chi connectivity index (χ2v) is 5.62. The first-order valence-electron chi connectivity index (χ1n) is 6.75. The predicted molar refractivity (Wildman–Crippen MR) is 88.7 cm³/mol. The summed E-state index contributed by atoms with van der Waals surface area (Å²) in [6.45, 7) is 0. The van der Waals surface area contributed by atoms with Crippen LogP contribution >= 0.6 is 11.8 Å². The maximum absolute atomic E-state index is 12.4. The molecule has 0 atom stereocenters. The molecule has 1 heterocycles. The summed E-state index contributed by atoms with van der Waals surface area (Å²) in [5, 5.41) is 2.62. The number of anilines is 1. The van der Waals surface area contributed by atoms with Gasteiger partial charge in [-0.05, 0) is 42.2 Å². The molecule has 2 aromatic rings. The van der Waals surface area contributed by atoms with Crippen molar-refractivity contribution in [3.63, 3.8) is 0 Å². The Balaban J connectivity index is 1.88. The standard InChI is InChI=1S/C17H14N2O2S/c1-22-14-9-7-12(8-10-14)11-15-16(20)19(17(21)18-15)13-5-3-2-4-6-13/h2-11H,1H3,(H,18,21)/b15-11+. The molecule has 4 nitrogen and oxygen atoms in total. The van der Waals surface area contributed by atoms with Gasteiger partial charge in [0.2, 0.25) is 0 Å². The number of rotatable bonds is 3. The fourth-order valence-corrected chi connectivity index (χ4v) is 2.62. The van der Waals surface area contributed by atoms with Crippen molar-refractivity contribution in [2.24, 2.45) is 0 Å². The van der Waals surface area contributed by atoms with Crippen LogP contribution in [0.2, 0.25) is 0 Å². The minimum absolute atomic E-state index is 0.283. The van der Waals surface area contributed by atoms with Crippen LogP contribution in [0, 0.1) is 0 Å². The van der Waals surface area contributed by atoms with E-state index in [9.17, 15) is 9.59 Å². The minimum Gasteiger partial charge on any atom is -0.302 e. The molecule has 0 saturated carbocycles. The van der Waals surface area contributed by atoms with Crippen molar-refractivity contribution in [1.29, 1.82) is 0 Å². The van der Waals surface area contributed by atoms with Crippen molar-refractivity contribution < 1.29 is 9.59 Å². The summed E-state index contributed by atoms with van der Waals surface area (Å²) in [6, 6.07) is 16.3. The van der Waals surface area contributed by atoms with Gasteiger partial charge in [0.25, 0.3) is 5.91 Å². The van der Waals surface area contributed by atoms with E-state index in [2.05, 4.69) is 5.32 Å². The van der Waals surface area contributed by atoms with E-state index < -0.39 is 6.03 Å². The summed E-state index contributed by atoms with van der Waals surface area (Å²) in [4.78, 5) is 26.7. The zero-order chi connectivity index (χ0) is 15.5. The van der Waals surface area contributed by atoms with Gasteiger partial charge in [-0.25, -0.2) is 9.69 Å². The lowest BCUT2D eigenvalue weighted by Crippen LogP contribution is -2.30. The van der Waals surface area contributed by atoms with Crippen molar-refractivity contribution in [3.05, 3.63) is 65.9 Å². The first-order chi connectivity index (χ1) is 10.7. The van der Waals surface area contributed by atoms with Crippen LogP contribution in [-0.4, -0.2) is 18.2 Å². The fraction of sp³-hybridized carbons (Fsp3) is 0.0588. The Morgan fingerprint density at radius 2 is 1.68 bits per heavy atom. The molecule has 1 saturated heterocycles. The molecule has 1 N–H and O–H groups in total. The molecule has 22 heavy (non-hydrogen) atoms. The lowest BCUT2D eigenvalue weighted by molar-refractivity contribution is -0.113. The van der Waals surface area contributed by atoms with Crippen LogP contribution in [0.25, 0.3) is 6.08 Å². The van der Waals surface area contributed by atoms with Crippen LogP contribution in [-0.2, 0) is 4.79 Å².